The molecular weight excluding hydrogens is 510 g/mol. The summed E-state index contributed by atoms with van der Waals surface area (Å²) in [4.78, 5) is 18.9. The maximum Gasteiger partial charge on any atom is 0.417 e. The summed E-state index contributed by atoms with van der Waals surface area (Å²) in [6.45, 7) is 3.80. The molecule has 38 heavy (non-hydrogen) atoms. The molecule has 0 radical (unpaired) electrons. The summed E-state index contributed by atoms with van der Waals surface area (Å²) < 4.78 is 61.2. The molecule has 0 bridgehead atoms. The lowest BCUT2D eigenvalue weighted by Crippen LogP contribution is -2.60. The van der Waals surface area contributed by atoms with Gasteiger partial charge in [-0.15, -0.1) is 0 Å². The van der Waals surface area contributed by atoms with Crippen molar-refractivity contribution in [1.82, 2.24) is 29.9 Å². The minimum absolute atomic E-state index is 0.00137. The molecule has 3 N–H and O–H groups in total. The average molecular weight is 540 g/mol. The van der Waals surface area contributed by atoms with Crippen molar-refractivity contribution in [3.05, 3.63) is 24.7 Å². The maximum atomic E-state index is 14.6. The van der Waals surface area contributed by atoms with Crippen LogP contribution in [0, 0.1) is 0 Å². The van der Waals surface area contributed by atoms with Crippen LogP contribution in [0.15, 0.2) is 24.7 Å². The van der Waals surface area contributed by atoms with E-state index in [0.29, 0.717) is 40.8 Å². The Kier molecular flexibility index (Phi) is 6.37. The molecule has 1 saturated carbocycles. The molecule has 1 spiro atoms. The fraction of sp³-hybridized carbons (Fsp3) is 0.583. The Balaban J connectivity index is 0.00000144. The Labute approximate surface area is 215 Å². The van der Waals surface area contributed by atoms with Crippen molar-refractivity contribution in [2.75, 3.05) is 25.1 Å². The number of aromatic nitrogens is 5. The number of nitrogens with zero attached hydrogens (tertiary/aromatic N) is 5. The van der Waals surface area contributed by atoms with Gasteiger partial charge in [0.25, 0.3) is 0 Å². The molecule has 1 atom stereocenters. The summed E-state index contributed by atoms with van der Waals surface area (Å²) in [5.41, 5.74) is -3.58. The van der Waals surface area contributed by atoms with Crippen LogP contribution in [0.2, 0.25) is 0 Å². The highest BCUT2D eigenvalue weighted by Gasteiger charge is 2.65. The lowest BCUT2D eigenvalue weighted by molar-refractivity contribution is -0.277. The van der Waals surface area contributed by atoms with Gasteiger partial charge in [-0.25, -0.2) is 9.18 Å². The molecule has 14 heteroatoms. The molecule has 3 fully saturated rings. The predicted octanol–water partition coefficient (Wildman–Crippen LogP) is 4.04. The Hall–Kier alpha value is -3.26. The molecule has 206 valence electrons. The number of aliphatic hydroxyl groups is 1. The Morgan fingerprint density at radius 2 is 1.95 bits per heavy atom. The van der Waals surface area contributed by atoms with Gasteiger partial charge < -0.3 is 20.1 Å². The molecule has 6 rings (SSSR count). The third-order valence-corrected chi connectivity index (χ3v) is 7.36. The lowest BCUT2D eigenvalue weighted by atomic mass is 9.84. The van der Waals surface area contributed by atoms with Gasteiger partial charge in [0.15, 0.2) is 11.3 Å². The highest BCUT2D eigenvalue weighted by molar-refractivity contribution is 5.94. The number of likely N-dealkylation sites (tertiary alicyclic amines) is 1. The summed E-state index contributed by atoms with van der Waals surface area (Å²) in [5, 5.41) is 24.6. The number of pyridine rings is 1. The van der Waals surface area contributed by atoms with E-state index in [2.05, 4.69) is 25.6 Å². The summed E-state index contributed by atoms with van der Waals surface area (Å²) in [5.74, 6) is 0. The highest BCUT2D eigenvalue weighted by Crippen LogP contribution is 2.55. The molecule has 0 aromatic carbocycles. The van der Waals surface area contributed by atoms with E-state index in [1.807, 2.05) is 13.8 Å². The Morgan fingerprint density at radius 1 is 1.21 bits per heavy atom. The van der Waals surface area contributed by atoms with Crippen LogP contribution in [-0.2, 0) is 11.3 Å². The monoisotopic (exact) mass is 539 g/mol. The molecule has 5 heterocycles. The Bertz CT molecular complexity index is 1330. The quantitative estimate of drug-likeness (QED) is 0.431. The number of rotatable bonds is 4. The summed E-state index contributed by atoms with van der Waals surface area (Å²) in [6, 6.07) is 1.12. The van der Waals surface area contributed by atoms with Crippen molar-refractivity contribution in [2.45, 2.75) is 69.1 Å². The second kappa shape index (κ2) is 9.19. The number of H-pyrrole nitrogens is 1. The fourth-order valence-electron chi connectivity index (χ4n) is 5.09. The van der Waals surface area contributed by atoms with E-state index < -0.39 is 41.9 Å². The first-order chi connectivity index (χ1) is 18.0. The number of amides is 2. The minimum Gasteiger partial charge on any atom is -0.380 e. The predicted molar refractivity (Wildman–Crippen MR) is 129 cm³/mol. The first kappa shape index (κ1) is 26.4. The zero-order valence-corrected chi connectivity index (χ0v) is 21.0. The van der Waals surface area contributed by atoms with Crippen molar-refractivity contribution in [3.63, 3.8) is 0 Å². The van der Waals surface area contributed by atoms with Crippen molar-refractivity contribution in [2.24, 2.45) is 0 Å². The first-order valence-electron chi connectivity index (χ1n) is 12.5. The van der Waals surface area contributed by atoms with Crippen molar-refractivity contribution >= 4 is 22.6 Å². The van der Waals surface area contributed by atoms with Gasteiger partial charge in [-0.2, -0.15) is 23.4 Å². The first-order valence-corrected chi connectivity index (χ1v) is 12.5. The van der Waals surface area contributed by atoms with E-state index in [9.17, 15) is 27.5 Å². The molecule has 10 nitrogen and oxygen atoms in total. The molecule has 1 aliphatic carbocycles. The smallest absolute Gasteiger partial charge is 0.380 e. The van der Waals surface area contributed by atoms with Crippen LogP contribution in [0.3, 0.4) is 0 Å². The number of urea groups is 1. The van der Waals surface area contributed by atoms with Crippen LogP contribution < -0.4 is 5.32 Å². The lowest BCUT2D eigenvalue weighted by Gasteiger charge is -2.45. The molecular formula is C24H29F4N7O3. The zero-order valence-electron chi connectivity index (χ0n) is 21.0. The van der Waals surface area contributed by atoms with Gasteiger partial charge in [0.2, 0.25) is 0 Å². The fourth-order valence-corrected chi connectivity index (χ4v) is 5.09. The van der Waals surface area contributed by atoms with Gasteiger partial charge in [0, 0.05) is 36.5 Å². The molecule has 3 aromatic rings. The number of carbonyl (C=O) groups excluding carboxylic acids is 1. The number of nitrogens with one attached hydrogen (secondary N) is 2. The van der Waals surface area contributed by atoms with Crippen molar-refractivity contribution in [1.29, 1.82) is 0 Å². The normalized spacial score (nSPS) is 23.5. The largest absolute Gasteiger partial charge is 0.417 e. The number of fused-ring (bicyclic) bond motifs is 1. The zero-order chi connectivity index (χ0) is 27.3. The Morgan fingerprint density at radius 3 is 2.58 bits per heavy atom. The minimum atomic E-state index is -4.76. The van der Waals surface area contributed by atoms with Crippen molar-refractivity contribution < 1.29 is 32.2 Å². The highest BCUT2D eigenvalue weighted by atomic mass is 19.4. The van der Waals surface area contributed by atoms with Crippen LogP contribution in [0.4, 0.5) is 28.0 Å². The number of carbonyl (C=O) groups is 1. The van der Waals surface area contributed by atoms with Crippen LogP contribution in [0.1, 0.15) is 39.5 Å². The topological polar surface area (TPSA) is 121 Å². The molecule has 3 aliphatic rings. The summed E-state index contributed by atoms with van der Waals surface area (Å²) >= 11 is 0. The number of ether oxygens (including phenoxy) is 1. The molecule has 2 amide bonds. The van der Waals surface area contributed by atoms with Gasteiger partial charge >= 0.3 is 12.2 Å². The second-order valence-corrected chi connectivity index (χ2v) is 10.00. The van der Waals surface area contributed by atoms with Crippen LogP contribution >= 0.6 is 0 Å². The molecule has 3 aromatic heterocycles. The number of anilines is 1. The second-order valence-electron chi connectivity index (χ2n) is 10.00. The van der Waals surface area contributed by atoms with Crippen molar-refractivity contribution in [3.8, 4) is 11.4 Å². The summed E-state index contributed by atoms with van der Waals surface area (Å²) in [6.07, 6.45) is -0.573. The molecule has 2 saturated heterocycles. The molecule has 2 aliphatic heterocycles. The number of piperidine rings is 1. The average Bonchev–Trinajstić information content (AvgIpc) is 3.26. The number of hydrogen-bond acceptors (Lipinski definition) is 6. The summed E-state index contributed by atoms with van der Waals surface area (Å²) in [7, 11) is 0. The van der Waals surface area contributed by atoms with Crippen LogP contribution in [0.25, 0.3) is 22.3 Å². The van der Waals surface area contributed by atoms with E-state index in [1.165, 1.54) is 15.8 Å². The van der Waals surface area contributed by atoms with E-state index in [0.717, 1.165) is 0 Å². The van der Waals surface area contributed by atoms with E-state index in [4.69, 9.17) is 4.74 Å². The standard InChI is InChI=1S/C22H23F4N7O3.C2H6/c23-19(11-36-12-19)10-33-16-5-14(27-6-13(16)7-29-33)17-15(8-28-31-17)30-18(34)32-4-3-21(35,22(24,25)26)9-20(32)1-2-20;1-2/h5-8,35H,1-4,9-12H2,(H,28,31)(H,30,34);1-2H3. The van der Waals surface area contributed by atoms with E-state index in [1.54, 1.807) is 18.5 Å². The number of aromatic amines is 1. The number of alkyl halides is 4. The van der Waals surface area contributed by atoms with Gasteiger partial charge in [0.1, 0.15) is 5.69 Å². The van der Waals surface area contributed by atoms with Gasteiger partial charge in [0.05, 0.1) is 49.1 Å². The third kappa shape index (κ3) is 4.49. The van der Waals surface area contributed by atoms with Gasteiger partial charge in [-0.1, -0.05) is 13.8 Å². The van der Waals surface area contributed by atoms with Gasteiger partial charge in [-0.3, -0.25) is 14.8 Å². The van der Waals surface area contributed by atoms with E-state index in [-0.39, 0.29) is 26.3 Å². The van der Waals surface area contributed by atoms with Crippen LogP contribution in [0.5, 0.6) is 0 Å². The van der Waals surface area contributed by atoms with Crippen LogP contribution in [-0.4, -0.2) is 83.7 Å². The van der Waals surface area contributed by atoms with E-state index >= 15 is 0 Å². The maximum absolute atomic E-state index is 14.6. The molecule has 1 unspecified atom stereocenters. The third-order valence-electron chi connectivity index (χ3n) is 7.36. The number of halogens is 4. The SMILES string of the molecule is CC.O=C(Nc1cn[nH]c1-c1cc2c(cn1)cnn2CC1(F)COC1)N1CCC(O)(C(F)(F)F)CC12CC2. The van der Waals surface area contributed by atoms with Gasteiger partial charge in [-0.05, 0) is 18.9 Å². The number of hydrogen-bond donors (Lipinski definition) is 3.